The zero-order valence-electron chi connectivity index (χ0n) is 16.8. The third-order valence-electron chi connectivity index (χ3n) is 5.17. The van der Waals surface area contributed by atoms with Gasteiger partial charge in [-0.25, -0.2) is 23.3 Å². The molecule has 3 aromatic heterocycles. The number of ether oxygens (including phenoxy) is 1. The normalized spacial score (nSPS) is 11.6. The van der Waals surface area contributed by atoms with Crippen molar-refractivity contribution >= 4 is 27.2 Å². The van der Waals surface area contributed by atoms with Crippen LogP contribution < -0.4 is 4.74 Å². The number of hydrogen-bond donors (Lipinski definition) is 0. The number of thiophene rings is 1. The highest BCUT2D eigenvalue weighted by atomic mass is 32.1. The Morgan fingerprint density at radius 2 is 1.69 bits per heavy atom. The Morgan fingerprint density at radius 3 is 2.38 bits per heavy atom. The fraction of sp³-hybridized carbons (Fsp3) is 0.136. The highest BCUT2D eigenvalue weighted by Gasteiger charge is 2.21. The minimum atomic E-state index is -1.58. The number of halogens is 4. The van der Waals surface area contributed by atoms with Crippen molar-refractivity contribution in [2.24, 2.45) is 0 Å². The zero-order valence-corrected chi connectivity index (χ0v) is 17.6. The first-order valence-corrected chi connectivity index (χ1v) is 10.3. The van der Waals surface area contributed by atoms with Crippen LogP contribution in [0.2, 0.25) is 0 Å². The van der Waals surface area contributed by atoms with Crippen molar-refractivity contribution in [3.05, 3.63) is 75.9 Å². The maximum atomic E-state index is 13.7. The Hall–Kier alpha value is -3.53. The summed E-state index contributed by atoms with van der Waals surface area (Å²) >= 11 is 1.60. The topological polar surface area (TPSA) is 52.3 Å². The largest absolute Gasteiger partial charge is 0.483 e. The van der Waals surface area contributed by atoms with E-state index in [1.54, 1.807) is 46.4 Å². The molecule has 0 saturated heterocycles. The first kappa shape index (κ1) is 20.4. The minimum absolute atomic E-state index is 0.135. The van der Waals surface area contributed by atoms with Crippen LogP contribution in [0.5, 0.6) is 5.75 Å². The van der Waals surface area contributed by atoms with Gasteiger partial charge in [-0.3, -0.25) is 0 Å². The molecule has 0 aliphatic heterocycles. The first-order chi connectivity index (χ1) is 15.3. The number of rotatable bonds is 4. The van der Waals surface area contributed by atoms with E-state index >= 15 is 0 Å². The van der Waals surface area contributed by atoms with Crippen molar-refractivity contribution in [1.29, 1.82) is 0 Å². The molecule has 0 amide bonds. The summed E-state index contributed by atoms with van der Waals surface area (Å²) in [4.78, 5) is 11.2. The van der Waals surface area contributed by atoms with Crippen LogP contribution in [-0.4, -0.2) is 19.6 Å². The fourth-order valence-electron chi connectivity index (χ4n) is 3.35. The summed E-state index contributed by atoms with van der Waals surface area (Å²) in [7, 11) is 0. The van der Waals surface area contributed by atoms with E-state index in [9.17, 15) is 17.6 Å². The van der Waals surface area contributed by atoms with Gasteiger partial charge in [0.2, 0.25) is 11.6 Å². The van der Waals surface area contributed by atoms with Crippen LogP contribution in [0, 0.1) is 37.1 Å². The van der Waals surface area contributed by atoms with Crippen LogP contribution in [0.15, 0.2) is 36.7 Å². The maximum Gasteiger partial charge on any atom is 0.203 e. The molecule has 0 bridgehead atoms. The Morgan fingerprint density at radius 1 is 1.00 bits per heavy atom. The van der Waals surface area contributed by atoms with Gasteiger partial charge in [0, 0.05) is 16.5 Å². The predicted molar refractivity (Wildman–Crippen MR) is 112 cm³/mol. The van der Waals surface area contributed by atoms with Crippen molar-refractivity contribution in [3.63, 3.8) is 0 Å². The number of nitrogens with zero attached hydrogens (tertiary/aromatic N) is 4. The Kier molecular flexibility index (Phi) is 4.81. The van der Waals surface area contributed by atoms with Gasteiger partial charge in [0.05, 0.1) is 5.39 Å². The van der Waals surface area contributed by atoms with E-state index in [0.29, 0.717) is 22.6 Å². The van der Waals surface area contributed by atoms with Gasteiger partial charge in [0.15, 0.2) is 28.9 Å². The highest BCUT2D eigenvalue weighted by molar-refractivity contribution is 7.18. The van der Waals surface area contributed by atoms with Crippen LogP contribution in [-0.2, 0) is 6.61 Å². The van der Waals surface area contributed by atoms with Gasteiger partial charge in [-0.15, -0.1) is 16.4 Å². The summed E-state index contributed by atoms with van der Waals surface area (Å²) in [6, 6.07) is 6.89. The monoisotopic (exact) mass is 458 g/mol. The van der Waals surface area contributed by atoms with Gasteiger partial charge in [-0.05, 0) is 25.0 Å². The van der Waals surface area contributed by atoms with E-state index in [-0.39, 0.29) is 12.7 Å². The van der Waals surface area contributed by atoms with Crippen LogP contribution in [0.3, 0.4) is 0 Å². The number of benzene rings is 2. The Balaban J connectivity index is 1.42. The lowest BCUT2D eigenvalue weighted by Gasteiger charge is -2.09. The van der Waals surface area contributed by atoms with E-state index < -0.39 is 29.0 Å². The van der Waals surface area contributed by atoms with Crippen LogP contribution in [0.1, 0.15) is 16.0 Å². The molecule has 3 heterocycles. The fourth-order valence-corrected chi connectivity index (χ4v) is 4.34. The smallest absolute Gasteiger partial charge is 0.203 e. The molecule has 2 aromatic carbocycles. The summed E-state index contributed by atoms with van der Waals surface area (Å²) in [5.41, 5.74) is 3.07. The molecule has 162 valence electrons. The van der Waals surface area contributed by atoms with Crippen LogP contribution in [0.25, 0.3) is 27.3 Å². The molecule has 5 nitrogen and oxygen atoms in total. The summed E-state index contributed by atoms with van der Waals surface area (Å²) in [5.74, 6) is -6.80. The molecular formula is C22H14F4N4OS. The van der Waals surface area contributed by atoms with Crippen molar-refractivity contribution < 1.29 is 22.3 Å². The summed E-state index contributed by atoms with van der Waals surface area (Å²) in [6.07, 6.45) is 1.62. The van der Waals surface area contributed by atoms with Gasteiger partial charge >= 0.3 is 0 Å². The first-order valence-electron chi connectivity index (χ1n) is 9.49. The quantitative estimate of drug-likeness (QED) is 0.254. The summed E-state index contributed by atoms with van der Waals surface area (Å²) in [5, 5.41) is 5.45. The van der Waals surface area contributed by atoms with E-state index in [2.05, 4.69) is 15.1 Å². The third kappa shape index (κ3) is 3.27. The molecule has 0 radical (unpaired) electrons. The molecule has 0 atom stereocenters. The second-order valence-electron chi connectivity index (χ2n) is 7.19. The van der Waals surface area contributed by atoms with Crippen molar-refractivity contribution in [1.82, 2.24) is 19.6 Å². The molecule has 0 N–H and O–H groups in total. The minimum Gasteiger partial charge on any atom is -0.483 e. The molecule has 0 aliphatic rings. The average Bonchev–Trinajstić information content (AvgIpc) is 3.33. The molecule has 10 heteroatoms. The summed E-state index contributed by atoms with van der Waals surface area (Å²) in [6.45, 7) is 3.77. The number of aromatic nitrogens is 4. The van der Waals surface area contributed by atoms with Crippen molar-refractivity contribution in [3.8, 4) is 17.1 Å². The van der Waals surface area contributed by atoms with Gasteiger partial charge in [0.1, 0.15) is 17.8 Å². The molecule has 0 fully saturated rings. The number of hydrogen-bond acceptors (Lipinski definition) is 5. The van der Waals surface area contributed by atoms with E-state index in [1.165, 1.54) is 4.88 Å². The average molecular weight is 458 g/mol. The van der Waals surface area contributed by atoms with Gasteiger partial charge in [-0.1, -0.05) is 24.3 Å². The van der Waals surface area contributed by atoms with Crippen LogP contribution in [0.4, 0.5) is 17.6 Å². The predicted octanol–water partition coefficient (Wildman–Crippen LogP) is 5.76. The highest BCUT2D eigenvalue weighted by Crippen LogP contribution is 2.32. The third-order valence-corrected chi connectivity index (χ3v) is 6.29. The molecule has 32 heavy (non-hydrogen) atoms. The molecule has 5 aromatic rings. The van der Waals surface area contributed by atoms with Gasteiger partial charge < -0.3 is 4.74 Å². The SMILES string of the molecule is Cc1sc2ncn3nc(-c4ccc(COc5c(F)c(F)cc(F)c5F)cc4)nc3c2c1C. The zero-order chi connectivity index (χ0) is 22.6. The lowest BCUT2D eigenvalue weighted by atomic mass is 10.1. The molecule has 5 rings (SSSR count). The second kappa shape index (κ2) is 7.56. The molecular weight excluding hydrogens is 444 g/mol. The van der Waals surface area contributed by atoms with E-state index in [4.69, 9.17) is 4.74 Å². The van der Waals surface area contributed by atoms with Crippen molar-refractivity contribution in [2.75, 3.05) is 0 Å². The number of aryl methyl sites for hydroxylation is 2. The second-order valence-corrected chi connectivity index (χ2v) is 8.40. The Bertz CT molecular complexity index is 1470. The molecule has 0 unspecified atom stereocenters. The van der Waals surface area contributed by atoms with E-state index in [1.807, 2.05) is 13.8 Å². The summed E-state index contributed by atoms with van der Waals surface area (Å²) < 4.78 is 60.7. The Labute approximate surface area is 182 Å². The molecule has 0 saturated carbocycles. The molecule has 0 spiro atoms. The van der Waals surface area contributed by atoms with Crippen molar-refractivity contribution in [2.45, 2.75) is 20.5 Å². The van der Waals surface area contributed by atoms with Gasteiger partial charge in [0.25, 0.3) is 0 Å². The standard InChI is InChI=1S/C22H14F4N4OS/c1-10-11(2)32-22-16(10)21-28-20(29-30(21)9-27-22)13-5-3-12(4-6-13)8-31-19-17(25)14(23)7-15(24)18(19)26/h3-7,9H,8H2,1-2H3. The van der Waals surface area contributed by atoms with Crippen LogP contribution >= 0.6 is 11.3 Å². The van der Waals surface area contributed by atoms with Gasteiger partial charge in [-0.2, -0.15) is 8.78 Å². The lowest BCUT2D eigenvalue weighted by Crippen LogP contribution is -2.03. The molecule has 0 aliphatic carbocycles. The van der Waals surface area contributed by atoms with E-state index in [0.717, 1.165) is 15.8 Å². The lowest BCUT2D eigenvalue weighted by molar-refractivity contribution is 0.261. The maximum absolute atomic E-state index is 13.7. The number of fused-ring (bicyclic) bond motifs is 3.